The molecule has 4 N–H and O–H groups in total. The monoisotopic (exact) mass is 255 g/mol. The van der Waals surface area contributed by atoms with Gasteiger partial charge in [-0.25, -0.2) is 0 Å². The summed E-state index contributed by atoms with van der Waals surface area (Å²) >= 11 is 0. The number of nitrogens with one attached hydrogen (secondary N) is 1. The lowest BCUT2D eigenvalue weighted by Crippen LogP contribution is -2.36. The first-order valence-electron chi connectivity index (χ1n) is 5.41. The Morgan fingerprint density at radius 3 is 2.72 bits per heavy atom. The van der Waals surface area contributed by atoms with Gasteiger partial charge in [0, 0.05) is 13.0 Å². The zero-order valence-corrected chi connectivity index (χ0v) is 10.3. The summed E-state index contributed by atoms with van der Waals surface area (Å²) in [5.41, 5.74) is -1.01. The van der Waals surface area contributed by atoms with E-state index in [0.29, 0.717) is 5.69 Å². The van der Waals surface area contributed by atoms with Gasteiger partial charge in [0.25, 0.3) is 0 Å². The van der Waals surface area contributed by atoms with Gasteiger partial charge in [-0.3, -0.25) is 4.79 Å². The summed E-state index contributed by atoms with van der Waals surface area (Å²) in [5.74, 6) is -0.0823. The molecule has 0 aromatic heterocycles. The molecule has 1 rings (SSSR count). The number of ether oxygens (including phenoxy) is 1. The van der Waals surface area contributed by atoms with Crippen molar-refractivity contribution < 1.29 is 24.9 Å². The van der Waals surface area contributed by atoms with Gasteiger partial charge in [-0.15, -0.1) is 0 Å². The van der Waals surface area contributed by atoms with E-state index in [-0.39, 0.29) is 24.0 Å². The third-order valence-electron chi connectivity index (χ3n) is 2.16. The number of carbonyl (C=O) groups is 1. The van der Waals surface area contributed by atoms with Crippen molar-refractivity contribution in [2.45, 2.75) is 19.4 Å². The lowest BCUT2D eigenvalue weighted by Gasteiger charge is -2.21. The first kappa shape index (κ1) is 14.3. The van der Waals surface area contributed by atoms with Crippen molar-refractivity contribution in [3.8, 4) is 11.5 Å². The second-order valence-electron chi connectivity index (χ2n) is 4.31. The zero-order chi connectivity index (χ0) is 13.8. The van der Waals surface area contributed by atoms with E-state index in [1.807, 2.05) is 0 Å². The lowest BCUT2D eigenvalue weighted by atomic mass is 10.1. The fraction of sp³-hybridized carbons (Fsp3) is 0.417. The molecule has 0 aliphatic heterocycles. The Labute approximate surface area is 105 Å². The molecule has 0 radical (unpaired) electrons. The van der Waals surface area contributed by atoms with Crippen molar-refractivity contribution in [3.05, 3.63) is 18.2 Å². The molecule has 1 amide bonds. The molecule has 18 heavy (non-hydrogen) atoms. The molecule has 0 fully saturated rings. The topological polar surface area (TPSA) is 99.0 Å². The summed E-state index contributed by atoms with van der Waals surface area (Å²) in [4.78, 5) is 11.0. The van der Waals surface area contributed by atoms with Gasteiger partial charge in [-0.1, -0.05) is 0 Å². The number of amides is 1. The van der Waals surface area contributed by atoms with Crippen molar-refractivity contribution in [2.24, 2.45) is 0 Å². The van der Waals surface area contributed by atoms with E-state index in [1.54, 1.807) is 0 Å². The molecule has 0 aliphatic rings. The Morgan fingerprint density at radius 2 is 2.17 bits per heavy atom. The number of aliphatic hydroxyl groups excluding tert-OH is 1. The molecule has 0 spiro atoms. The Kier molecular flexibility index (Phi) is 4.52. The molecule has 1 aromatic rings. The Hall–Kier alpha value is -1.79. The standard InChI is InChI=1S/C12H17NO5/c1-8(15)13-10-4-3-9(16)5-11(10)18-7-12(2,17)6-14/h3-5,14,16-17H,6-7H2,1-2H3,(H,13,15). The van der Waals surface area contributed by atoms with Gasteiger partial charge in [0.1, 0.15) is 23.7 Å². The highest BCUT2D eigenvalue weighted by atomic mass is 16.5. The molecule has 0 aliphatic carbocycles. The van der Waals surface area contributed by atoms with Crippen molar-refractivity contribution in [1.29, 1.82) is 0 Å². The van der Waals surface area contributed by atoms with Crippen molar-refractivity contribution in [1.82, 2.24) is 0 Å². The van der Waals surface area contributed by atoms with Crippen LogP contribution in [0.1, 0.15) is 13.8 Å². The van der Waals surface area contributed by atoms with Crippen molar-refractivity contribution >= 4 is 11.6 Å². The summed E-state index contributed by atoms with van der Waals surface area (Å²) < 4.78 is 5.29. The van der Waals surface area contributed by atoms with Gasteiger partial charge in [-0.05, 0) is 19.1 Å². The number of anilines is 1. The second kappa shape index (κ2) is 5.70. The summed E-state index contributed by atoms with van der Waals surface area (Å²) in [6.07, 6.45) is 0. The summed E-state index contributed by atoms with van der Waals surface area (Å²) in [5, 5.41) is 30.4. The van der Waals surface area contributed by atoms with Crippen LogP contribution in [0.2, 0.25) is 0 Å². The maximum atomic E-state index is 11.0. The van der Waals surface area contributed by atoms with E-state index in [1.165, 1.54) is 32.0 Å². The van der Waals surface area contributed by atoms with Crippen LogP contribution in [-0.2, 0) is 4.79 Å². The summed E-state index contributed by atoms with van der Waals surface area (Å²) in [7, 11) is 0. The highest BCUT2D eigenvalue weighted by molar-refractivity contribution is 5.90. The number of rotatable bonds is 5. The average molecular weight is 255 g/mol. The zero-order valence-electron chi connectivity index (χ0n) is 10.3. The molecular formula is C12H17NO5. The highest BCUT2D eigenvalue weighted by Crippen LogP contribution is 2.29. The normalized spacial score (nSPS) is 13.8. The molecule has 1 aromatic carbocycles. The molecule has 0 heterocycles. The quantitative estimate of drug-likeness (QED) is 0.573. The van der Waals surface area contributed by atoms with Crippen LogP contribution >= 0.6 is 0 Å². The van der Waals surface area contributed by atoms with E-state index in [9.17, 15) is 15.0 Å². The first-order chi connectivity index (χ1) is 8.34. The fourth-order valence-electron chi connectivity index (χ4n) is 1.20. The van der Waals surface area contributed by atoms with E-state index in [0.717, 1.165) is 0 Å². The van der Waals surface area contributed by atoms with Gasteiger partial charge >= 0.3 is 0 Å². The van der Waals surface area contributed by atoms with Gasteiger partial charge in [0.05, 0.1) is 12.3 Å². The van der Waals surface area contributed by atoms with Gasteiger partial charge < -0.3 is 25.4 Å². The van der Waals surface area contributed by atoms with E-state index in [2.05, 4.69) is 5.32 Å². The maximum Gasteiger partial charge on any atom is 0.221 e. The van der Waals surface area contributed by atoms with Crippen LogP contribution in [0.3, 0.4) is 0 Å². The number of aromatic hydroxyl groups is 1. The highest BCUT2D eigenvalue weighted by Gasteiger charge is 2.21. The number of phenols is 1. The number of hydrogen-bond donors (Lipinski definition) is 4. The minimum absolute atomic E-state index is 0.0252. The largest absolute Gasteiger partial charge is 0.508 e. The number of carbonyl (C=O) groups excluding carboxylic acids is 1. The first-order valence-corrected chi connectivity index (χ1v) is 5.41. The fourth-order valence-corrected chi connectivity index (χ4v) is 1.20. The van der Waals surface area contributed by atoms with Gasteiger partial charge in [0.2, 0.25) is 5.91 Å². The minimum atomic E-state index is -1.39. The Morgan fingerprint density at radius 1 is 1.50 bits per heavy atom. The predicted molar refractivity (Wildman–Crippen MR) is 65.6 cm³/mol. The Balaban J connectivity index is 2.85. The average Bonchev–Trinajstić information content (AvgIpc) is 2.29. The molecule has 0 saturated heterocycles. The number of aliphatic hydroxyl groups is 2. The smallest absolute Gasteiger partial charge is 0.221 e. The molecular weight excluding hydrogens is 238 g/mol. The van der Waals surface area contributed by atoms with Crippen LogP contribution in [0.5, 0.6) is 11.5 Å². The third-order valence-corrected chi connectivity index (χ3v) is 2.16. The Bertz CT molecular complexity index is 430. The van der Waals surface area contributed by atoms with Crippen LogP contribution in [0.15, 0.2) is 18.2 Å². The van der Waals surface area contributed by atoms with E-state index < -0.39 is 12.2 Å². The molecule has 100 valence electrons. The van der Waals surface area contributed by atoms with Crippen molar-refractivity contribution in [2.75, 3.05) is 18.5 Å². The van der Waals surface area contributed by atoms with Gasteiger partial charge in [-0.2, -0.15) is 0 Å². The number of phenolic OH excluding ortho intramolecular Hbond substituents is 1. The van der Waals surface area contributed by atoms with Crippen LogP contribution in [0.25, 0.3) is 0 Å². The SMILES string of the molecule is CC(=O)Nc1ccc(O)cc1OCC(C)(O)CO. The molecule has 6 heteroatoms. The summed E-state index contributed by atoms with van der Waals surface area (Å²) in [6, 6.07) is 4.21. The predicted octanol–water partition coefficient (Wildman–Crippen LogP) is 0.473. The third kappa shape index (κ3) is 4.23. The molecule has 1 atom stereocenters. The lowest BCUT2D eigenvalue weighted by molar-refractivity contribution is -0.114. The van der Waals surface area contributed by atoms with E-state index in [4.69, 9.17) is 9.84 Å². The maximum absolute atomic E-state index is 11.0. The molecule has 0 bridgehead atoms. The summed E-state index contributed by atoms with van der Waals surface area (Å²) in [6.45, 7) is 2.13. The van der Waals surface area contributed by atoms with Crippen LogP contribution < -0.4 is 10.1 Å². The molecule has 6 nitrogen and oxygen atoms in total. The van der Waals surface area contributed by atoms with Crippen LogP contribution in [-0.4, -0.2) is 40.0 Å². The van der Waals surface area contributed by atoms with Crippen LogP contribution in [0.4, 0.5) is 5.69 Å². The van der Waals surface area contributed by atoms with E-state index >= 15 is 0 Å². The second-order valence-corrected chi connectivity index (χ2v) is 4.31. The number of hydrogen-bond acceptors (Lipinski definition) is 5. The molecule has 1 unspecified atom stereocenters. The minimum Gasteiger partial charge on any atom is -0.508 e. The molecule has 0 saturated carbocycles. The number of benzene rings is 1. The van der Waals surface area contributed by atoms with Gasteiger partial charge in [0.15, 0.2) is 0 Å². The van der Waals surface area contributed by atoms with Crippen LogP contribution in [0, 0.1) is 0 Å². The van der Waals surface area contributed by atoms with Crippen molar-refractivity contribution in [3.63, 3.8) is 0 Å².